The third-order valence-corrected chi connectivity index (χ3v) is 5.58. The maximum atomic E-state index is 5.76. The molecular weight excluding hydrogens is 268 g/mol. The van der Waals surface area contributed by atoms with E-state index in [1.54, 1.807) is 5.56 Å². The van der Waals surface area contributed by atoms with Gasteiger partial charge in [-0.3, -0.25) is 0 Å². The van der Waals surface area contributed by atoms with Crippen LogP contribution in [0.5, 0.6) is 5.75 Å². The molecule has 0 unspecified atom stereocenters. The van der Waals surface area contributed by atoms with E-state index < -0.39 is 0 Å². The molecule has 1 aromatic carbocycles. The standard InChI is InChI=1S/C21H34O/c1-4-6-8-15-21(16-9-7-10-18(21)3)19-11-13-20(14-12-19)22-17-5-2/h11-14,18H,4-10,15-17H2,1-3H3/t18-,21+/m0/s1. The second-order valence-electron chi connectivity index (χ2n) is 7.13. The highest BCUT2D eigenvalue weighted by Crippen LogP contribution is 2.47. The lowest BCUT2D eigenvalue weighted by Crippen LogP contribution is -2.36. The van der Waals surface area contributed by atoms with Crippen molar-refractivity contribution in [2.75, 3.05) is 6.61 Å². The highest BCUT2D eigenvalue weighted by molar-refractivity contribution is 5.33. The Morgan fingerprint density at radius 3 is 2.45 bits per heavy atom. The first kappa shape index (κ1) is 17.4. The van der Waals surface area contributed by atoms with Crippen molar-refractivity contribution in [1.82, 2.24) is 0 Å². The van der Waals surface area contributed by atoms with E-state index in [2.05, 4.69) is 45.0 Å². The maximum Gasteiger partial charge on any atom is 0.119 e. The minimum Gasteiger partial charge on any atom is -0.494 e. The molecule has 1 saturated carbocycles. The summed E-state index contributed by atoms with van der Waals surface area (Å²) in [6, 6.07) is 9.07. The average molecular weight is 303 g/mol. The zero-order valence-corrected chi connectivity index (χ0v) is 14.9. The normalized spacial score (nSPS) is 25.1. The summed E-state index contributed by atoms with van der Waals surface area (Å²) in [6.07, 6.45) is 12.0. The number of benzene rings is 1. The SMILES string of the molecule is CCCCC[C@@]1(c2ccc(OCCC)cc2)CCCC[C@@H]1C. The Bertz CT molecular complexity index is 422. The highest BCUT2D eigenvalue weighted by atomic mass is 16.5. The quantitative estimate of drug-likeness (QED) is 0.498. The van der Waals surface area contributed by atoms with Crippen molar-refractivity contribution in [2.24, 2.45) is 5.92 Å². The van der Waals surface area contributed by atoms with Gasteiger partial charge >= 0.3 is 0 Å². The molecule has 2 rings (SSSR count). The number of unbranched alkanes of at least 4 members (excludes halogenated alkanes) is 2. The maximum absolute atomic E-state index is 5.76. The predicted molar refractivity (Wildman–Crippen MR) is 95.7 cm³/mol. The van der Waals surface area contributed by atoms with E-state index in [0.29, 0.717) is 5.41 Å². The zero-order valence-electron chi connectivity index (χ0n) is 14.9. The van der Waals surface area contributed by atoms with Gasteiger partial charge < -0.3 is 4.74 Å². The van der Waals surface area contributed by atoms with E-state index in [-0.39, 0.29) is 0 Å². The van der Waals surface area contributed by atoms with Gasteiger partial charge in [-0.15, -0.1) is 0 Å². The summed E-state index contributed by atoms with van der Waals surface area (Å²) in [5.41, 5.74) is 1.97. The third kappa shape index (κ3) is 4.06. The minimum atomic E-state index is 0.413. The van der Waals surface area contributed by atoms with Gasteiger partial charge in [0.1, 0.15) is 5.75 Å². The van der Waals surface area contributed by atoms with Gasteiger partial charge in [-0.05, 0) is 54.7 Å². The van der Waals surface area contributed by atoms with E-state index in [4.69, 9.17) is 4.74 Å². The summed E-state index contributed by atoms with van der Waals surface area (Å²) >= 11 is 0. The van der Waals surface area contributed by atoms with Gasteiger partial charge in [0, 0.05) is 0 Å². The van der Waals surface area contributed by atoms with Crippen LogP contribution in [0.4, 0.5) is 0 Å². The Hall–Kier alpha value is -0.980. The number of ether oxygens (including phenoxy) is 1. The van der Waals surface area contributed by atoms with Crippen LogP contribution in [0.3, 0.4) is 0 Å². The van der Waals surface area contributed by atoms with Crippen LogP contribution in [0.2, 0.25) is 0 Å². The molecule has 0 amide bonds. The van der Waals surface area contributed by atoms with Crippen LogP contribution in [-0.2, 0) is 5.41 Å². The van der Waals surface area contributed by atoms with Crippen LogP contribution in [0.15, 0.2) is 24.3 Å². The van der Waals surface area contributed by atoms with Crippen LogP contribution in [-0.4, -0.2) is 6.61 Å². The Morgan fingerprint density at radius 1 is 1.05 bits per heavy atom. The van der Waals surface area contributed by atoms with Gasteiger partial charge in [0.05, 0.1) is 6.61 Å². The molecule has 1 nitrogen and oxygen atoms in total. The van der Waals surface area contributed by atoms with E-state index in [9.17, 15) is 0 Å². The molecule has 0 spiro atoms. The molecule has 0 saturated heterocycles. The molecule has 0 aliphatic heterocycles. The smallest absolute Gasteiger partial charge is 0.119 e. The van der Waals surface area contributed by atoms with Crippen LogP contribution in [0.1, 0.15) is 84.1 Å². The summed E-state index contributed by atoms with van der Waals surface area (Å²) in [5, 5.41) is 0. The Balaban J connectivity index is 2.16. The molecule has 1 aliphatic carbocycles. The van der Waals surface area contributed by atoms with Crippen molar-refractivity contribution in [3.8, 4) is 5.75 Å². The lowest BCUT2D eigenvalue weighted by Gasteiger charge is -2.44. The van der Waals surface area contributed by atoms with Crippen LogP contribution in [0.25, 0.3) is 0 Å². The molecular formula is C21H34O. The van der Waals surface area contributed by atoms with Gasteiger partial charge in [0.25, 0.3) is 0 Å². The van der Waals surface area contributed by atoms with Crippen molar-refractivity contribution in [2.45, 2.75) is 84.0 Å². The van der Waals surface area contributed by atoms with Crippen molar-refractivity contribution in [3.05, 3.63) is 29.8 Å². The third-order valence-electron chi connectivity index (χ3n) is 5.58. The molecule has 0 bridgehead atoms. The number of rotatable bonds is 8. The zero-order chi connectivity index (χ0) is 15.8. The minimum absolute atomic E-state index is 0.413. The van der Waals surface area contributed by atoms with E-state index in [1.165, 1.54) is 51.4 Å². The Kier molecular flexibility index (Phi) is 6.79. The molecule has 1 aliphatic rings. The molecule has 0 radical (unpaired) electrons. The van der Waals surface area contributed by atoms with E-state index >= 15 is 0 Å². The lowest BCUT2D eigenvalue weighted by atomic mass is 9.61. The number of hydrogen-bond acceptors (Lipinski definition) is 1. The van der Waals surface area contributed by atoms with Crippen molar-refractivity contribution in [1.29, 1.82) is 0 Å². The van der Waals surface area contributed by atoms with Crippen LogP contribution < -0.4 is 4.74 Å². The molecule has 0 heterocycles. The summed E-state index contributed by atoms with van der Waals surface area (Å²) in [4.78, 5) is 0. The average Bonchev–Trinajstić information content (AvgIpc) is 2.55. The fraction of sp³-hybridized carbons (Fsp3) is 0.714. The predicted octanol–water partition coefficient (Wildman–Crippen LogP) is 6.50. The Labute approximate surface area is 137 Å². The number of hydrogen-bond donors (Lipinski definition) is 0. The van der Waals surface area contributed by atoms with E-state index in [1.807, 2.05) is 0 Å². The van der Waals surface area contributed by atoms with Gasteiger partial charge in [0.2, 0.25) is 0 Å². The van der Waals surface area contributed by atoms with Gasteiger partial charge in [-0.25, -0.2) is 0 Å². The summed E-state index contributed by atoms with van der Waals surface area (Å²) in [5.74, 6) is 1.83. The first-order valence-electron chi connectivity index (χ1n) is 9.46. The molecule has 22 heavy (non-hydrogen) atoms. The fourth-order valence-electron chi connectivity index (χ4n) is 4.15. The van der Waals surface area contributed by atoms with Crippen molar-refractivity contribution in [3.63, 3.8) is 0 Å². The summed E-state index contributed by atoms with van der Waals surface area (Å²) in [6.45, 7) is 7.75. The molecule has 1 aromatic rings. The second kappa shape index (κ2) is 8.60. The van der Waals surface area contributed by atoms with Crippen LogP contribution >= 0.6 is 0 Å². The first-order chi connectivity index (χ1) is 10.7. The lowest BCUT2D eigenvalue weighted by molar-refractivity contribution is 0.181. The van der Waals surface area contributed by atoms with Gasteiger partial charge in [0.15, 0.2) is 0 Å². The van der Waals surface area contributed by atoms with Crippen molar-refractivity contribution >= 4 is 0 Å². The first-order valence-corrected chi connectivity index (χ1v) is 9.46. The molecule has 124 valence electrons. The summed E-state index contributed by atoms with van der Waals surface area (Å²) in [7, 11) is 0. The van der Waals surface area contributed by atoms with Gasteiger partial charge in [-0.2, -0.15) is 0 Å². The van der Waals surface area contributed by atoms with Crippen LogP contribution in [0, 0.1) is 5.92 Å². The second-order valence-corrected chi connectivity index (χ2v) is 7.13. The molecule has 0 aromatic heterocycles. The molecule has 0 N–H and O–H groups in total. The molecule has 1 heteroatoms. The molecule has 1 fully saturated rings. The van der Waals surface area contributed by atoms with Crippen molar-refractivity contribution < 1.29 is 4.74 Å². The fourth-order valence-corrected chi connectivity index (χ4v) is 4.15. The topological polar surface area (TPSA) is 9.23 Å². The Morgan fingerprint density at radius 2 is 1.82 bits per heavy atom. The summed E-state index contributed by atoms with van der Waals surface area (Å²) < 4.78 is 5.76. The van der Waals surface area contributed by atoms with Gasteiger partial charge in [-0.1, -0.05) is 65.0 Å². The highest BCUT2D eigenvalue weighted by Gasteiger charge is 2.38. The monoisotopic (exact) mass is 302 g/mol. The van der Waals surface area contributed by atoms with E-state index in [0.717, 1.165) is 24.7 Å². The largest absolute Gasteiger partial charge is 0.494 e. The molecule has 2 atom stereocenters.